The Labute approximate surface area is 109 Å². The Morgan fingerprint density at radius 3 is 2.56 bits per heavy atom. The van der Waals surface area contributed by atoms with E-state index >= 15 is 0 Å². The predicted octanol–water partition coefficient (Wildman–Crippen LogP) is 2.78. The minimum absolute atomic E-state index is 0.920. The van der Waals surface area contributed by atoms with Gasteiger partial charge < -0.3 is 14.8 Å². The zero-order chi connectivity index (χ0) is 13.0. The van der Waals surface area contributed by atoms with E-state index in [0.29, 0.717) is 0 Å². The van der Waals surface area contributed by atoms with Gasteiger partial charge in [-0.2, -0.15) is 0 Å². The van der Waals surface area contributed by atoms with Gasteiger partial charge in [-0.3, -0.25) is 0 Å². The van der Waals surface area contributed by atoms with Crippen LogP contribution in [-0.2, 0) is 0 Å². The summed E-state index contributed by atoms with van der Waals surface area (Å²) in [7, 11) is 3.43. The lowest BCUT2D eigenvalue weighted by Crippen LogP contribution is -2.13. The van der Waals surface area contributed by atoms with Gasteiger partial charge in [0.2, 0.25) is 0 Å². The monoisotopic (exact) mass is 247 g/mol. The van der Waals surface area contributed by atoms with Crippen molar-refractivity contribution in [3.8, 4) is 11.5 Å². The molecule has 0 amide bonds. The molecule has 3 heteroatoms. The summed E-state index contributed by atoms with van der Waals surface area (Å²) in [6, 6.07) is 4.14. The highest BCUT2D eigenvalue weighted by Crippen LogP contribution is 2.34. The molecule has 1 aliphatic rings. The number of hydrogen-bond donors (Lipinski definition) is 1. The van der Waals surface area contributed by atoms with Crippen molar-refractivity contribution in [1.82, 2.24) is 5.32 Å². The first kappa shape index (κ1) is 13.0. The highest BCUT2D eigenvalue weighted by molar-refractivity contribution is 5.73. The molecule has 98 valence electrons. The molecule has 0 saturated heterocycles. The molecule has 0 unspecified atom stereocenters. The molecule has 0 saturated carbocycles. The van der Waals surface area contributed by atoms with Gasteiger partial charge in [-0.15, -0.1) is 0 Å². The number of nitrogens with one attached hydrogen (secondary N) is 1. The maximum absolute atomic E-state index is 5.50. The van der Waals surface area contributed by atoms with Crippen molar-refractivity contribution in [1.29, 1.82) is 0 Å². The van der Waals surface area contributed by atoms with Crippen LogP contribution in [0.1, 0.15) is 24.0 Å². The summed E-state index contributed by atoms with van der Waals surface area (Å²) in [6.45, 7) is 4.11. The molecule has 1 N–H and O–H groups in total. The van der Waals surface area contributed by atoms with Crippen molar-refractivity contribution in [2.24, 2.45) is 0 Å². The zero-order valence-electron chi connectivity index (χ0n) is 11.4. The molecule has 3 nitrogen and oxygen atoms in total. The fourth-order valence-electron chi connectivity index (χ4n) is 2.34. The Morgan fingerprint density at radius 1 is 1.06 bits per heavy atom. The Balaban J connectivity index is 2.43. The Bertz CT molecular complexity index is 452. The molecule has 2 rings (SSSR count). The van der Waals surface area contributed by atoms with E-state index in [0.717, 1.165) is 48.6 Å². The number of aryl methyl sites for hydroxylation is 1. The number of rotatable bonds is 3. The van der Waals surface area contributed by atoms with Crippen molar-refractivity contribution in [3.05, 3.63) is 29.3 Å². The minimum Gasteiger partial charge on any atom is -0.496 e. The van der Waals surface area contributed by atoms with Crippen LogP contribution in [0.2, 0.25) is 0 Å². The van der Waals surface area contributed by atoms with Crippen LogP contribution in [0.3, 0.4) is 0 Å². The zero-order valence-corrected chi connectivity index (χ0v) is 11.4. The van der Waals surface area contributed by atoms with Crippen LogP contribution in [0, 0.1) is 6.92 Å². The summed E-state index contributed by atoms with van der Waals surface area (Å²) in [5, 5.41) is 3.40. The Morgan fingerprint density at radius 2 is 1.83 bits per heavy atom. The molecule has 0 radical (unpaired) electrons. The normalized spacial score (nSPS) is 15.8. The third-order valence-electron chi connectivity index (χ3n) is 3.35. The molecule has 0 spiro atoms. The van der Waals surface area contributed by atoms with Gasteiger partial charge in [-0.05, 0) is 56.1 Å². The summed E-state index contributed by atoms with van der Waals surface area (Å²) in [5.41, 5.74) is 3.60. The van der Waals surface area contributed by atoms with Gasteiger partial charge in [-0.25, -0.2) is 0 Å². The third-order valence-corrected chi connectivity index (χ3v) is 3.35. The van der Waals surface area contributed by atoms with Crippen molar-refractivity contribution < 1.29 is 9.47 Å². The van der Waals surface area contributed by atoms with Crippen molar-refractivity contribution in [3.63, 3.8) is 0 Å². The summed E-state index contributed by atoms with van der Waals surface area (Å²) < 4.78 is 10.9. The second-order valence-electron chi connectivity index (χ2n) is 4.54. The largest absolute Gasteiger partial charge is 0.496 e. The van der Waals surface area contributed by atoms with E-state index in [1.54, 1.807) is 14.2 Å². The number of ether oxygens (including phenoxy) is 2. The van der Waals surface area contributed by atoms with Crippen LogP contribution in [0.25, 0.3) is 5.57 Å². The van der Waals surface area contributed by atoms with Crippen LogP contribution in [0.15, 0.2) is 18.2 Å². The van der Waals surface area contributed by atoms with E-state index < -0.39 is 0 Å². The van der Waals surface area contributed by atoms with Gasteiger partial charge in [0.15, 0.2) is 0 Å². The van der Waals surface area contributed by atoms with Gasteiger partial charge in [0.05, 0.1) is 14.2 Å². The molecule has 1 aromatic carbocycles. The van der Waals surface area contributed by atoms with Gasteiger partial charge in [0, 0.05) is 5.56 Å². The lowest BCUT2D eigenvalue weighted by Gasteiger charge is -2.15. The smallest absolute Gasteiger partial charge is 0.126 e. The molecule has 0 aliphatic carbocycles. The van der Waals surface area contributed by atoms with Crippen LogP contribution in [0.5, 0.6) is 11.5 Å². The summed E-state index contributed by atoms with van der Waals surface area (Å²) >= 11 is 0. The van der Waals surface area contributed by atoms with E-state index in [1.807, 2.05) is 13.0 Å². The van der Waals surface area contributed by atoms with Gasteiger partial charge in [-0.1, -0.05) is 6.08 Å². The summed E-state index contributed by atoms with van der Waals surface area (Å²) in [5.74, 6) is 1.85. The fraction of sp³-hybridized carbons (Fsp3) is 0.467. The fourth-order valence-corrected chi connectivity index (χ4v) is 2.34. The van der Waals surface area contributed by atoms with Gasteiger partial charge in [0.25, 0.3) is 0 Å². The number of methoxy groups -OCH3 is 2. The predicted molar refractivity (Wildman–Crippen MR) is 74.4 cm³/mol. The topological polar surface area (TPSA) is 30.5 Å². The minimum atomic E-state index is 0.920. The van der Waals surface area contributed by atoms with Crippen LogP contribution < -0.4 is 14.8 Å². The first-order valence-electron chi connectivity index (χ1n) is 6.39. The van der Waals surface area contributed by atoms with Crippen LogP contribution in [0.4, 0.5) is 0 Å². The Kier molecular flexibility index (Phi) is 4.26. The van der Waals surface area contributed by atoms with E-state index in [4.69, 9.17) is 9.47 Å². The number of hydrogen-bond acceptors (Lipinski definition) is 3. The van der Waals surface area contributed by atoms with Crippen LogP contribution in [-0.4, -0.2) is 27.3 Å². The maximum atomic E-state index is 5.50. The lowest BCUT2D eigenvalue weighted by atomic mass is 9.99. The quantitative estimate of drug-likeness (QED) is 0.891. The number of benzene rings is 1. The maximum Gasteiger partial charge on any atom is 0.126 e. The summed E-state index contributed by atoms with van der Waals surface area (Å²) in [6.07, 6.45) is 4.39. The van der Waals surface area contributed by atoms with Crippen molar-refractivity contribution in [2.45, 2.75) is 19.8 Å². The molecule has 0 bridgehead atoms. The third kappa shape index (κ3) is 2.67. The van der Waals surface area contributed by atoms with E-state index in [-0.39, 0.29) is 0 Å². The molecule has 0 atom stereocenters. The van der Waals surface area contributed by atoms with Gasteiger partial charge in [0.1, 0.15) is 11.5 Å². The summed E-state index contributed by atoms with van der Waals surface area (Å²) in [4.78, 5) is 0. The molecular formula is C15H21NO2. The molecule has 1 aliphatic heterocycles. The highest BCUT2D eigenvalue weighted by atomic mass is 16.5. The molecule has 1 aromatic rings. The molecule has 0 fully saturated rings. The highest BCUT2D eigenvalue weighted by Gasteiger charge is 2.13. The standard InChI is InChI=1S/C15H21NO2/c1-11-9-15(18-3)13(10-14(11)17-2)12-5-4-7-16-8-6-12/h5,9-10,16H,4,6-8H2,1-3H3. The first-order chi connectivity index (χ1) is 8.76. The average Bonchev–Trinajstić information content (AvgIpc) is 2.67. The molecule has 0 aromatic heterocycles. The van der Waals surface area contributed by atoms with E-state index in [9.17, 15) is 0 Å². The molecule has 18 heavy (non-hydrogen) atoms. The van der Waals surface area contributed by atoms with E-state index in [2.05, 4.69) is 17.5 Å². The second-order valence-corrected chi connectivity index (χ2v) is 4.54. The Hall–Kier alpha value is -1.48. The second kappa shape index (κ2) is 5.91. The first-order valence-corrected chi connectivity index (χ1v) is 6.39. The van der Waals surface area contributed by atoms with Crippen molar-refractivity contribution >= 4 is 5.57 Å². The molecular weight excluding hydrogens is 226 g/mol. The average molecular weight is 247 g/mol. The van der Waals surface area contributed by atoms with Crippen molar-refractivity contribution in [2.75, 3.05) is 27.3 Å². The van der Waals surface area contributed by atoms with E-state index in [1.165, 1.54) is 5.57 Å². The van der Waals surface area contributed by atoms with Crippen LogP contribution >= 0.6 is 0 Å². The molecule has 1 heterocycles. The van der Waals surface area contributed by atoms with Gasteiger partial charge >= 0.3 is 0 Å². The lowest BCUT2D eigenvalue weighted by molar-refractivity contribution is 0.399. The SMILES string of the molecule is COc1cc(C2=CCCNCC2)c(OC)cc1C.